The molecular weight excluding hydrogens is 293 g/mol. The maximum absolute atomic E-state index is 11.8. The van der Waals surface area contributed by atoms with E-state index in [0.29, 0.717) is 10.0 Å². The lowest BCUT2D eigenvalue weighted by Crippen LogP contribution is -2.08. The van der Waals surface area contributed by atoms with Gasteiger partial charge in [0.15, 0.2) is 0 Å². The summed E-state index contributed by atoms with van der Waals surface area (Å²) in [4.78, 5) is 11.8. The second kappa shape index (κ2) is 6.60. The topological polar surface area (TPSA) is 29.1 Å². The Morgan fingerprint density at radius 3 is 2.40 bits per heavy atom. The van der Waals surface area contributed by atoms with Crippen molar-refractivity contribution in [3.8, 4) is 0 Å². The number of amides is 1. The van der Waals surface area contributed by atoms with Gasteiger partial charge in [-0.2, -0.15) is 0 Å². The van der Waals surface area contributed by atoms with E-state index in [9.17, 15) is 4.79 Å². The van der Waals surface area contributed by atoms with E-state index < -0.39 is 0 Å². The Morgan fingerprint density at radius 2 is 1.75 bits per heavy atom. The van der Waals surface area contributed by atoms with Gasteiger partial charge in [0.25, 0.3) is 0 Å². The van der Waals surface area contributed by atoms with Crippen molar-refractivity contribution < 1.29 is 4.79 Å². The van der Waals surface area contributed by atoms with Crippen molar-refractivity contribution in [1.29, 1.82) is 0 Å². The predicted octanol–water partition coefficient (Wildman–Crippen LogP) is 4.95. The molecule has 0 aliphatic carbocycles. The first-order valence-corrected chi connectivity index (χ1v) is 6.81. The number of aryl methyl sites for hydroxylation is 1. The van der Waals surface area contributed by atoms with Crippen molar-refractivity contribution in [2.45, 2.75) is 6.92 Å². The quantitative estimate of drug-likeness (QED) is 0.798. The third-order valence-electron chi connectivity index (χ3n) is 2.71. The Labute approximate surface area is 128 Å². The minimum atomic E-state index is -0.199. The molecule has 1 N–H and O–H groups in total. The number of halogens is 2. The van der Waals surface area contributed by atoms with Gasteiger partial charge in [0, 0.05) is 21.8 Å². The fourth-order valence-electron chi connectivity index (χ4n) is 1.73. The van der Waals surface area contributed by atoms with E-state index in [1.54, 1.807) is 24.3 Å². The Hall–Kier alpha value is -1.77. The molecule has 0 saturated carbocycles. The van der Waals surface area contributed by atoms with E-state index in [4.69, 9.17) is 23.2 Å². The van der Waals surface area contributed by atoms with Gasteiger partial charge in [-0.1, -0.05) is 41.4 Å². The molecule has 0 atom stereocenters. The van der Waals surface area contributed by atoms with Crippen LogP contribution in [0.2, 0.25) is 10.0 Å². The van der Waals surface area contributed by atoms with E-state index in [-0.39, 0.29) is 5.91 Å². The van der Waals surface area contributed by atoms with Crippen molar-refractivity contribution in [2.75, 3.05) is 5.32 Å². The highest BCUT2D eigenvalue weighted by atomic mass is 35.5. The molecule has 0 radical (unpaired) electrons. The molecule has 2 rings (SSSR count). The highest BCUT2D eigenvalue weighted by molar-refractivity contribution is 6.34. The monoisotopic (exact) mass is 305 g/mol. The average molecular weight is 306 g/mol. The van der Waals surface area contributed by atoms with Gasteiger partial charge in [0.05, 0.1) is 0 Å². The molecule has 0 bridgehead atoms. The summed E-state index contributed by atoms with van der Waals surface area (Å²) in [6.07, 6.45) is 3.12. The lowest BCUT2D eigenvalue weighted by atomic mass is 10.2. The lowest BCUT2D eigenvalue weighted by Gasteiger charge is -2.05. The van der Waals surface area contributed by atoms with Crippen LogP contribution in [0.5, 0.6) is 0 Å². The van der Waals surface area contributed by atoms with Crippen molar-refractivity contribution in [3.05, 3.63) is 69.7 Å². The number of benzene rings is 2. The first kappa shape index (κ1) is 14.6. The van der Waals surface area contributed by atoms with Gasteiger partial charge >= 0.3 is 0 Å². The van der Waals surface area contributed by atoms with Crippen LogP contribution in [0.3, 0.4) is 0 Å². The molecule has 0 aliphatic heterocycles. The van der Waals surface area contributed by atoms with Crippen LogP contribution in [0, 0.1) is 6.92 Å². The van der Waals surface area contributed by atoms with Crippen molar-refractivity contribution in [3.63, 3.8) is 0 Å². The molecule has 0 unspecified atom stereocenters. The maximum atomic E-state index is 11.8. The van der Waals surface area contributed by atoms with Gasteiger partial charge < -0.3 is 5.32 Å². The standard InChI is InChI=1S/C16H13Cl2NO/c1-11-4-2-3-5-15(11)19-16(20)7-6-12-8-13(17)10-14(18)9-12/h2-10H,1H3,(H,19,20)/b7-6+. The molecule has 102 valence electrons. The molecular formula is C16H13Cl2NO. The number of hydrogen-bond donors (Lipinski definition) is 1. The molecule has 0 fully saturated rings. The Morgan fingerprint density at radius 1 is 1.10 bits per heavy atom. The summed E-state index contributed by atoms with van der Waals surface area (Å²) in [6, 6.07) is 12.7. The summed E-state index contributed by atoms with van der Waals surface area (Å²) in [5.74, 6) is -0.199. The number of hydrogen-bond acceptors (Lipinski definition) is 1. The second-order valence-corrected chi connectivity index (χ2v) is 5.21. The summed E-state index contributed by atoms with van der Waals surface area (Å²) in [6.45, 7) is 1.94. The van der Waals surface area contributed by atoms with E-state index in [2.05, 4.69) is 5.32 Å². The summed E-state index contributed by atoms with van der Waals surface area (Å²) in [7, 11) is 0. The Balaban J connectivity index is 2.08. The highest BCUT2D eigenvalue weighted by Crippen LogP contribution is 2.20. The van der Waals surface area contributed by atoms with E-state index in [0.717, 1.165) is 16.8 Å². The fourth-order valence-corrected chi connectivity index (χ4v) is 2.27. The van der Waals surface area contributed by atoms with Crippen LogP contribution in [0.25, 0.3) is 6.08 Å². The van der Waals surface area contributed by atoms with Gasteiger partial charge in [-0.15, -0.1) is 0 Å². The maximum Gasteiger partial charge on any atom is 0.248 e. The molecule has 0 saturated heterocycles. The molecule has 1 amide bonds. The number of anilines is 1. The van der Waals surface area contributed by atoms with Crippen LogP contribution in [0.1, 0.15) is 11.1 Å². The molecule has 0 aromatic heterocycles. The third kappa shape index (κ3) is 4.12. The summed E-state index contributed by atoms with van der Waals surface area (Å²) < 4.78 is 0. The largest absolute Gasteiger partial charge is 0.322 e. The van der Waals surface area contributed by atoms with Gasteiger partial charge in [-0.05, 0) is 48.4 Å². The number of para-hydroxylation sites is 1. The first-order chi connectivity index (χ1) is 9.54. The predicted molar refractivity (Wildman–Crippen MR) is 85.3 cm³/mol. The highest BCUT2D eigenvalue weighted by Gasteiger charge is 2.01. The number of nitrogens with one attached hydrogen (secondary N) is 1. The molecule has 20 heavy (non-hydrogen) atoms. The minimum Gasteiger partial charge on any atom is -0.322 e. The SMILES string of the molecule is Cc1ccccc1NC(=O)/C=C/c1cc(Cl)cc(Cl)c1. The first-order valence-electron chi connectivity index (χ1n) is 6.05. The van der Waals surface area contributed by atoms with Gasteiger partial charge in [0.1, 0.15) is 0 Å². The average Bonchev–Trinajstić information content (AvgIpc) is 2.38. The Bertz CT molecular complexity index is 645. The van der Waals surface area contributed by atoms with Crippen LogP contribution in [-0.2, 0) is 4.79 Å². The van der Waals surface area contributed by atoms with E-state index in [1.807, 2.05) is 31.2 Å². The normalized spacial score (nSPS) is 10.8. The van der Waals surface area contributed by atoms with E-state index >= 15 is 0 Å². The lowest BCUT2D eigenvalue weighted by molar-refractivity contribution is -0.111. The van der Waals surface area contributed by atoms with Gasteiger partial charge in [-0.25, -0.2) is 0 Å². The van der Waals surface area contributed by atoms with Crippen molar-refractivity contribution in [2.24, 2.45) is 0 Å². The molecule has 2 nitrogen and oxygen atoms in total. The zero-order valence-electron chi connectivity index (χ0n) is 10.9. The Kier molecular flexibility index (Phi) is 4.83. The summed E-state index contributed by atoms with van der Waals surface area (Å²) in [5, 5.41) is 3.89. The summed E-state index contributed by atoms with van der Waals surface area (Å²) >= 11 is 11.8. The third-order valence-corrected chi connectivity index (χ3v) is 3.15. The van der Waals surface area contributed by atoms with Gasteiger partial charge in [0.2, 0.25) is 5.91 Å². The number of carbonyl (C=O) groups is 1. The smallest absolute Gasteiger partial charge is 0.248 e. The van der Waals surface area contributed by atoms with Gasteiger partial charge in [-0.3, -0.25) is 4.79 Å². The number of rotatable bonds is 3. The minimum absolute atomic E-state index is 0.199. The van der Waals surface area contributed by atoms with Crippen LogP contribution < -0.4 is 5.32 Å². The molecule has 0 aliphatic rings. The van der Waals surface area contributed by atoms with Crippen LogP contribution in [0.4, 0.5) is 5.69 Å². The number of carbonyl (C=O) groups excluding carboxylic acids is 1. The van der Waals surface area contributed by atoms with E-state index in [1.165, 1.54) is 6.08 Å². The van der Waals surface area contributed by atoms with Crippen LogP contribution in [0.15, 0.2) is 48.5 Å². The fraction of sp³-hybridized carbons (Fsp3) is 0.0625. The molecule has 2 aromatic rings. The van der Waals surface area contributed by atoms with Crippen molar-refractivity contribution in [1.82, 2.24) is 0 Å². The zero-order chi connectivity index (χ0) is 14.5. The zero-order valence-corrected chi connectivity index (χ0v) is 12.4. The van der Waals surface area contributed by atoms with Crippen LogP contribution >= 0.6 is 23.2 Å². The summed E-state index contributed by atoms with van der Waals surface area (Å²) in [5.41, 5.74) is 2.59. The molecule has 2 aromatic carbocycles. The molecule has 0 spiro atoms. The molecule has 0 heterocycles. The molecule has 4 heteroatoms. The van der Waals surface area contributed by atoms with Crippen molar-refractivity contribution >= 4 is 40.9 Å². The van der Waals surface area contributed by atoms with Crippen LogP contribution in [-0.4, -0.2) is 5.91 Å². The second-order valence-electron chi connectivity index (χ2n) is 4.34.